The number of nitrogens with zero attached hydrogens (tertiary/aromatic N) is 1. The molecular weight excluding hydrogens is 423 g/mol. The predicted octanol–water partition coefficient (Wildman–Crippen LogP) is 4.04. The molecule has 0 spiro atoms. The van der Waals surface area contributed by atoms with Gasteiger partial charge in [-0.05, 0) is 55.3 Å². The predicted molar refractivity (Wildman–Crippen MR) is 110 cm³/mol. The Kier molecular flexibility index (Phi) is 6.50. The lowest BCUT2D eigenvalue weighted by atomic mass is 9.97. The minimum atomic E-state index is -3.76. The van der Waals surface area contributed by atoms with Crippen molar-refractivity contribution in [3.05, 3.63) is 52.5 Å². The normalized spacial score (nSPS) is 16.0. The first-order valence-corrected chi connectivity index (χ1v) is 10.9. The van der Waals surface area contributed by atoms with Crippen LogP contribution in [0.3, 0.4) is 0 Å². The van der Waals surface area contributed by atoms with Gasteiger partial charge in [0.05, 0.1) is 12.1 Å². The van der Waals surface area contributed by atoms with Crippen LogP contribution in [0.25, 0.3) is 0 Å². The van der Waals surface area contributed by atoms with Crippen molar-refractivity contribution < 1.29 is 17.9 Å². The molecule has 1 aliphatic heterocycles. The van der Waals surface area contributed by atoms with E-state index in [-0.39, 0.29) is 34.8 Å². The van der Waals surface area contributed by atoms with Crippen LogP contribution >= 0.6 is 23.2 Å². The molecule has 1 aliphatic rings. The van der Waals surface area contributed by atoms with Crippen LogP contribution in [0.5, 0.6) is 5.75 Å². The average Bonchev–Trinajstić information content (AvgIpc) is 2.70. The smallest absolute Gasteiger partial charge is 0.244 e. The van der Waals surface area contributed by atoms with Crippen LogP contribution in [0.2, 0.25) is 10.0 Å². The standard InChI is InChI=1S/C19H20Cl2N2O4S/c1-27-16-5-3-15(4-6-16)22-19(24)13-8-10-23(11-9-13)28(25,26)18-12-14(20)2-7-17(18)21/h2-7,12-13H,8-11H2,1H3,(H,22,24). The quantitative estimate of drug-likeness (QED) is 0.757. The second kappa shape index (κ2) is 8.69. The molecule has 0 bridgehead atoms. The average molecular weight is 443 g/mol. The van der Waals surface area contributed by atoms with Crippen molar-refractivity contribution in [2.75, 3.05) is 25.5 Å². The highest BCUT2D eigenvalue weighted by molar-refractivity contribution is 7.89. The van der Waals surface area contributed by atoms with E-state index in [4.69, 9.17) is 27.9 Å². The van der Waals surface area contributed by atoms with Gasteiger partial charge >= 0.3 is 0 Å². The van der Waals surface area contributed by atoms with Gasteiger partial charge in [-0.1, -0.05) is 23.2 Å². The summed E-state index contributed by atoms with van der Waals surface area (Å²) in [5, 5.41) is 3.29. The van der Waals surface area contributed by atoms with Crippen LogP contribution in [0.1, 0.15) is 12.8 Å². The maximum Gasteiger partial charge on any atom is 0.244 e. The number of halogens is 2. The van der Waals surface area contributed by atoms with Gasteiger partial charge in [-0.25, -0.2) is 8.42 Å². The lowest BCUT2D eigenvalue weighted by Gasteiger charge is -2.30. The summed E-state index contributed by atoms with van der Waals surface area (Å²) in [5.74, 6) is 0.322. The van der Waals surface area contributed by atoms with Gasteiger partial charge < -0.3 is 10.1 Å². The lowest BCUT2D eigenvalue weighted by Crippen LogP contribution is -2.41. The SMILES string of the molecule is COc1ccc(NC(=O)C2CCN(S(=O)(=O)c3cc(Cl)ccc3Cl)CC2)cc1. The Bertz CT molecular complexity index is 956. The topological polar surface area (TPSA) is 75.7 Å². The summed E-state index contributed by atoms with van der Waals surface area (Å²) in [5.41, 5.74) is 0.673. The van der Waals surface area contributed by atoms with E-state index in [1.54, 1.807) is 37.4 Å². The van der Waals surface area contributed by atoms with Gasteiger partial charge in [0.15, 0.2) is 0 Å². The van der Waals surface area contributed by atoms with Gasteiger partial charge in [0.25, 0.3) is 0 Å². The fourth-order valence-corrected chi connectivity index (χ4v) is 5.30. The molecule has 0 unspecified atom stereocenters. The molecule has 6 nitrogen and oxygen atoms in total. The van der Waals surface area contributed by atoms with Crippen LogP contribution in [0, 0.1) is 5.92 Å². The third-order valence-corrected chi connectivity index (χ3v) is 7.31. The number of piperidine rings is 1. The van der Waals surface area contributed by atoms with E-state index in [0.717, 1.165) is 0 Å². The molecule has 1 fully saturated rings. The highest BCUT2D eigenvalue weighted by atomic mass is 35.5. The molecule has 9 heteroatoms. The Morgan fingerprint density at radius 2 is 1.75 bits per heavy atom. The molecule has 1 saturated heterocycles. The zero-order valence-corrected chi connectivity index (χ0v) is 17.5. The number of methoxy groups -OCH3 is 1. The van der Waals surface area contributed by atoms with E-state index in [1.165, 1.54) is 16.4 Å². The van der Waals surface area contributed by atoms with Crippen LogP contribution in [-0.2, 0) is 14.8 Å². The summed E-state index contributed by atoms with van der Waals surface area (Å²) in [6, 6.07) is 11.4. The zero-order valence-electron chi connectivity index (χ0n) is 15.2. The summed E-state index contributed by atoms with van der Waals surface area (Å²) in [4.78, 5) is 12.5. The van der Waals surface area contributed by atoms with Gasteiger partial charge in [-0.2, -0.15) is 4.31 Å². The summed E-state index contributed by atoms with van der Waals surface area (Å²) >= 11 is 12.0. The molecule has 1 N–H and O–H groups in total. The fourth-order valence-electron chi connectivity index (χ4n) is 3.09. The maximum atomic E-state index is 12.9. The van der Waals surface area contributed by atoms with Crippen molar-refractivity contribution in [1.82, 2.24) is 4.31 Å². The van der Waals surface area contributed by atoms with Crippen molar-refractivity contribution in [2.24, 2.45) is 5.92 Å². The molecule has 0 radical (unpaired) electrons. The number of sulfonamides is 1. The molecule has 2 aromatic carbocycles. The Hall–Kier alpha value is -1.80. The van der Waals surface area contributed by atoms with Crippen molar-refractivity contribution >= 4 is 44.8 Å². The van der Waals surface area contributed by atoms with E-state index >= 15 is 0 Å². The molecule has 3 rings (SSSR count). The molecule has 150 valence electrons. The molecular formula is C19H20Cl2N2O4S. The molecule has 0 aliphatic carbocycles. The van der Waals surface area contributed by atoms with E-state index in [2.05, 4.69) is 5.32 Å². The minimum Gasteiger partial charge on any atom is -0.497 e. The Labute approximate surface area is 174 Å². The monoisotopic (exact) mass is 442 g/mol. The number of hydrogen-bond acceptors (Lipinski definition) is 4. The van der Waals surface area contributed by atoms with Crippen molar-refractivity contribution in [3.63, 3.8) is 0 Å². The van der Waals surface area contributed by atoms with Crippen LogP contribution in [-0.4, -0.2) is 38.8 Å². The number of carbonyl (C=O) groups is 1. The molecule has 1 heterocycles. The summed E-state index contributed by atoms with van der Waals surface area (Å²) in [7, 11) is -2.18. The number of rotatable bonds is 5. The summed E-state index contributed by atoms with van der Waals surface area (Å²) in [6.45, 7) is 0.484. The van der Waals surface area contributed by atoms with Crippen molar-refractivity contribution in [1.29, 1.82) is 0 Å². The maximum absolute atomic E-state index is 12.9. The van der Waals surface area contributed by atoms with Crippen molar-refractivity contribution in [2.45, 2.75) is 17.7 Å². The third kappa shape index (κ3) is 4.60. The van der Waals surface area contributed by atoms with Crippen LogP contribution < -0.4 is 10.1 Å². The number of hydrogen-bond donors (Lipinski definition) is 1. The van der Waals surface area contributed by atoms with E-state index in [9.17, 15) is 13.2 Å². The fraction of sp³-hybridized carbons (Fsp3) is 0.316. The molecule has 28 heavy (non-hydrogen) atoms. The van der Waals surface area contributed by atoms with Crippen LogP contribution in [0.15, 0.2) is 47.4 Å². The highest BCUT2D eigenvalue weighted by Crippen LogP contribution is 2.30. The zero-order chi connectivity index (χ0) is 20.3. The Balaban J connectivity index is 1.63. The number of carbonyl (C=O) groups excluding carboxylic acids is 1. The van der Waals surface area contributed by atoms with Gasteiger partial charge in [-0.3, -0.25) is 4.79 Å². The van der Waals surface area contributed by atoms with Gasteiger partial charge in [0.1, 0.15) is 10.6 Å². The second-order valence-electron chi connectivity index (χ2n) is 6.47. The number of amides is 1. The minimum absolute atomic E-state index is 0.0113. The Morgan fingerprint density at radius 3 is 2.36 bits per heavy atom. The van der Waals surface area contributed by atoms with Gasteiger partial charge in [0, 0.05) is 29.7 Å². The molecule has 1 amide bonds. The summed E-state index contributed by atoms with van der Waals surface area (Å²) < 4.78 is 32.2. The highest BCUT2D eigenvalue weighted by Gasteiger charge is 2.33. The first-order chi connectivity index (χ1) is 13.3. The van der Waals surface area contributed by atoms with E-state index in [1.807, 2.05) is 0 Å². The molecule has 0 aromatic heterocycles. The van der Waals surface area contributed by atoms with Gasteiger partial charge in [0.2, 0.25) is 15.9 Å². The Morgan fingerprint density at radius 1 is 1.11 bits per heavy atom. The van der Waals surface area contributed by atoms with Crippen molar-refractivity contribution in [3.8, 4) is 5.75 Å². The number of anilines is 1. The van der Waals surface area contributed by atoms with E-state index < -0.39 is 10.0 Å². The van der Waals surface area contributed by atoms with Crippen LogP contribution in [0.4, 0.5) is 5.69 Å². The first kappa shape index (κ1) is 20.9. The number of ether oxygens (including phenoxy) is 1. The lowest BCUT2D eigenvalue weighted by molar-refractivity contribution is -0.120. The largest absolute Gasteiger partial charge is 0.497 e. The molecule has 2 aromatic rings. The van der Waals surface area contributed by atoms with Gasteiger partial charge in [-0.15, -0.1) is 0 Å². The second-order valence-corrected chi connectivity index (χ2v) is 9.22. The first-order valence-electron chi connectivity index (χ1n) is 8.71. The van der Waals surface area contributed by atoms with E-state index in [0.29, 0.717) is 29.3 Å². The molecule has 0 atom stereocenters. The number of nitrogens with one attached hydrogen (secondary N) is 1. The molecule has 0 saturated carbocycles. The summed E-state index contributed by atoms with van der Waals surface area (Å²) in [6.07, 6.45) is 0.860. The third-order valence-electron chi connectivity index (χ3n) is 4.69. The number of benzene rings is 2.